The van der Waals surface area contributed by atoms with Gasteiger partial charge in [-0.1, -0.05) is 31.0 Å². The van der Waals surface area contributed by atoms with Crippen LogP contribution in [0, 0.1) is 0 Å². The Balaban J connectivity index is 1.71. The van der Waals surface area contributed by atoms with Crippen LogP contribution in [-0.2, 0) is 4.79 Å². The maximum atomic E-state index is 10.8. The first-order valence-corrected chi connectivity index (χ1v) is 7.89. The van der Waals surface area contributed by atoms with Crippen molar-refractivity contribution in [3.05, 3.63) is 30.3 Å². The van der Waals surface area contributed by atoms with Crippen molar-refractivity contribution in [2.75, 3.05) is 19.7 Å². The van der Waals surface area contributed by atoms with Gasteiger partial charge < -0.3 is 9.84 Å². The van der Waals surface area contributed by atoms with Gasteiger partial charge in [0.1, 0.15) is 5.75 Å². The molecule has 1 saturated carbocycles. The third-order valence-electron chi connectivity index (χ3n) is 4.06. The summed E-state index contributed by atoms with van der Waals surface area (Å²) in [4.78, 5) is 13.1. The number of benzene rings is 1. The highest BCUT2D eigenvalue weighted by Gasteiger charge is 2.22. The van der Waals surface area contributed by atoms with Crippen molar-refractivity contribution in [1.29, 1.82) is 0 Å². The Kier molecular flexibility index (Phi) is 6.54. The van der Waals surface area contributed by atoms with Gasteiger partial charge in [-0.15, -0.1) is 0 Å². The summed E-state index contributed by atoms with van der Waals surface area (Å²) in [6, 6.07) is 10.4. The van der Waals surface area contributed by atoms with E-state index in [4.69, 9.17) is 9.84 Å². The lowest BCUT2D eigenvalue weighted by Crippen LogP contribution is -2.36. The quantitative estimate of drug-likeness (QED) is 0.710. The van der Waals surface area contributed by atoms with Crippen molar-refractivity contribution >= 4 is 5.97 Å². The number of carboxylic acid groups (broad SMARTS) is 1. The second-order valence-corrected chi connectivity index (χ2v) is 5.63. The van der Waals surface area contributed by atoms with Gasteiger partial charge in [-0.2, -0.15) is 0 Å². The summed E-state index contributed by atoms with van der Waals surface area (Å²) < 4.78 is 5.70. The van der Waals surface area contributed by atoms with Crippen LogP contribution < -0.4 is 4.74 Å². The number of hydrogen-bond acceptors (Lipinski definition) is 3. The fourth-order valence-electron chi connectivity index (χ4n) is 2.96. The molecular formula is C17H25NO3. The number of ether oxygens (including phenoxy) is 1. The minimum absolute atomic E-state index is 0.232. The molecule has 1 aromatic rings. The molecule has 0 amide bonds. The predicted octanol–water partition coefficient (Wildman–Crippen LogP) is 3.17. The predicted molar refractivity (Wildman–Crippen MR) is 82.6 cm³/mol. The third kappa shape index (κ3) is 5.76. The number of hydrogen-bond donors (Lipinski definition) is 1. The number of carbonyl (C=O) groups is 1. The number of aliphatic carboxylic acids is 1. The fourth-order valence-corrected chi connectivity index (χ4v) is 2.96. The Hall–Kier alpha value is -1.55. The molecule has 1 aromatic carbocycles. The molecule has 4 nitrogen and oxygen atoms in total. The third-order valence-corrected chi connectivity index (χ3v) is 4.06. The highest BCUT2D eigenvalue weighted by atomic mass is 16.5. The molecule has 4 heteroatoms. The molecule has 0 spiro atoms. The lowest BCUT2D eigenvalue weighted by Gasteiger charge is -2.28. The lowest BCUT2D eigenvalue weighted by molar-refractivity contribution is -0.137. The Morgan fingerprint density at radius 1 is 1.19 bits per heavy atom. The minimum Gasteiger partial charge on any atom is -0.494 e. The second-order valence-electron chi connectivity index (χ2n) is 5.63. The van der Waals surface area contributed by atoms with Gasteiger partial charge in [0.05, 0.1) is 13.0 Å². The molecule has 1 aliphatic rings. The maximum Gasteiger partial charge on any atom is 0.304 e. The average Bonchev–Trinajstić information content (AvgIpc) is 3.01. The Labute approximate surface area is 126 Å². The summed E-state index contributed by atoms with van der Waals surface area (Å²) in [5.74, 6) is 0.189. The molecule has 21 heavy (non-hydrogen) atoms. The standard InChI is InChI=1S/C17H25NO3/c19-17(20)11-13-18(15-7-4-5-8-15)12-6-14-21-16-9-2-1-3-10-16/h1-3,9-10,15H,4-8,11-14H2,(H,19,20). The summed E-state index contributed by atoms with van der Waals surface area (Å²) in [6.07, 6.45) is 6.13. The van der Waals surface area contributed by atoms with E-state index >= 15 is 0 Å². The van der Waals surface area contributed by atoms with E-state index in [1.807, 2.05) is 30.3 Å². The largest absolute Gasteiger partial charge is 0.494 e. The van der Waals surface area contributed by atoms with Crippen LogP contribution in [0.25, 0.3) is 0 Å². The van der Waals surface area contributed by atoms with Crippen LogP contribution in [0.5, 0.6) is 5.75 Å². The molecule has 0 aromatic heterocycles. The van der Waals surface area contributed by atoms with Crippen LogP contribution in [0.2, 0.25) is 0 Å². The van der Waals surface area contributed by atoms with Crippen LogP contribution >= 0.6 is 0 Å². The van der Waals surface area contributed by atoms with Crippen LogP contribution in [-0.4, -0.2) is 41.7 Å². The summed E-state index contributed by atoms with van der Waals surface area (Å²) in [6.45, 7) is 2.26. The summed E-state index contributed by atoms with van der Waals surface area (Å²) in [5.41, 5.74) is 0. The first-order valence-electron chi connectivity index (χ1n) is 7.89. The van der Waals surface area contributed by atoms with Crippen LogP contribution in [0.4, 0.5) is 0 Å². The minimum atomic E-state index is -0.710. The van der Waals surface area contributed by atoms with E-state index in [-0.39, 0.29) is 6.42 Å². The molecule has 0 radical (unpaired) electrons. The van der Waals surface area contributed by atoms with Gasteiger partial charge >= 0.3 is 5.97 Å². The Morgan fingerprint density at radius 2 is 1.90 bits per heavy atom. The van der Waals surface area contributed by atoms with Crippen molar-refractivity contribution in [3.8, 4) is 5.75 Å². The van der Waals surface area contributed by atoms with E-state index in [9.17, 15) is 4.79 Å². The fraction of sp³-hybridized carbons (Fsp3) is 0.588. The first kappa shape index (κ1) is 15.8. The first-order chi connectivity index (χ1) is 10.3. The van der Waals surface area contributed by atoms with Gasteiger partial charge in [-0.05, 0) is 31.4 Å². The van der Waals surface area contributed by atoms with Crippen molar-refractivity contribution in [2.24, 2.45) is 0 Å². The Bertz CT molecular complexity index is 415. The SMILES string of the molecule is O=C(O)CCN(CCCOc1ccccc1)C1CCCC1. The smallest absolute Gasteiger partial charge is 0.304 e. The highest BCUT2D eigenvalue weighted by molar-refractivity contribution is 5.66. The maximum absolute atomic E-state index is 10.8. The van der Waals surface area contributed by atoms with Gasteiger partial charge in [0.25, 0.3) is 0 Å². The van der Waals surface area contributed by atoms with E-state index in [1.54, 1.807) is 0 Å². The van der Waals surface area contributed by atoms with Crippen LogP contribution in [0.3, 0.4) is 0 Å². The van der Waals surface area contributed by atoms with Crippen LogP contribution in [0.15, 0.2) is 30.3 Å². The molecule has 1 aliphatic carbocycles. The number of rotatable bonds is 9. The van der Waals surface area contributed by atoms with E-state index < -0.39 is 5.97 Å². The van der Waals surface area contributed by atoms with Gasteiger partial charge in [-0.25, -0.2) is 0 Å². The zero-order valence-corrected chi connectivity index (χ0v) is 12.5. The molecule has 116 valence electrons. The van der Waals surface area contributed by atoms with Gasteiger partial charge in [0.2, 0.25) is 0 Å². The highest BCUT2D eigenvalue weighted by Crippen LogP contribution is 2.23. The summed E-state index contributed by atoms with van der Waals surface area (Å²) in [5, 5.41) is 8.87. The van der Waals surface area contributed by atoms with Crippen molar-refractivity contribution in [1.82, 2.24) is 4.90 Å². The van der Waals surface area contributed by atoms with E-state index in [1.165, 1.54) is 25.7 Å². The zero-order chi connectivity index (χ0) is 14.9. The van der Waals surface area contributed by atoms with Gasteiger partial charge in [0.15, 0.2) is 0 Å². The topological polar surface area (TPSA) is 49.8 Å². The molecule has 0 saturated heterocycles. The zero-order valence-electron chi connectivity index (χ0n) is 12.5. The average molecular weight is 291 g/mol. The monoisotopic (exact) mass is 291 g/mol. The van der Waals surface area contributed by atoms with E-state index in [2.05, 4.69) is 4.90 Å². The molecule has 1 fully saturated rings. The number of nitrogens with zero attached hydrogens (tertiary/aromatic N) is 1. The molecule has 0 heterocycles. The number of para-hydroxylation sites is 1. The van der Waals surface area contributed by atoms with Crippen molar-refractivity contribution in [3.63, 3.8) is 0 Å². The van der Waals surface area contributed by atoms with Crippen LogP contribution in [0.1, 0.15) is 38.5 Å². The normalized spacial score (nSPS) is 15.5. The van der Waals surface area contributed by atoms with Crippen molar-refractivity contribution in [2.45, 2.75) is 44.6 Å². The van der Waals surface area contributed by atoms with Crippen molar-refractivity contribution < 1.29 is 14.6 Å². The molecule has 2 rings (SSSR count). The summed E-state index contributed by atoms with van der Waals surface area (Å²) in [7, 11) is 0. The summed E-state index contributed by atoms with van der Waals surface area (Å²) >= 11 is 0. The lowest BCUT2D eigenvalue weighted by atomic mass is 10.2. The molecule has 0 unspecified atom stereocenters. The Morgan fingerprint density at radius 3 is 2.57 bits per heavy atom. The van der Waals surface area contributed by atoms with E-state index in [0.29, 0.717) is 19.2 Å². The molecule has 0 atom stereocenters. The molecule has 0 bridgehead atoms. The van der Waals surface area contributed by atoms with Gasteiger partial charge in [-0.3, -0.25) is 9.69 Å². The molecule has 1 N–H and O–H groups in total. The second kappa shape index (κ2) is 8.67. The molecule has 0 aliphatic heterocycles. The molecular weight excluding hydrogens is 266 g/mol. The number of carboxylic acids is 1. The van der Waals surface area contributed by atoms with Gasteiger partial charge in [0, 0.05) is 19.1 Å². The van der Waals surface area contributed by atoms with E-state index in [0.717, 1.165) is 18.7 Å².